The molecule has 1 heterocycles. The van der Waals surface area contributed by atoms with Gasteiger partial charge < -0.3 is 5.11 Å². The van der Waals surface area contributed by atoms with Gasteiger partial charge in [0.05, 0.1) is 15.7 Å². The summed E-state index contributed by atoms with van der Waals surface area (Å²) in [5.74, 6) is -1.15. The van der Waals surface area contributed by atoms with Crippen molar-refractivity contribution in [2.45, 2.75) is 6.92 Å². The number of anilines is 1. The highest BCUT2D eigenvalue weighted by molar-refractivity contribution is 6.38. The van der Waals surface area contributed by atoms with E-state index in [0.717, 1.165) is 4.90 Å². The van der Waals surface area contributed by atoms with E-state index in [0.29, 0.717) is 5.57 Å². The molecule has 0 bridgehead atoms. The van der Waals surface area contributed by atoms with Gasteiger partial charge in [-0.1, -0.05) is 23.2 Å². The summed E-state index contributed by atoms with van der Waals surface area (Å²) >= 11 is 11.5. The van der Waals surface area contributed by atoms with Crippen LogP contribution in [0.15, 0.2) is 23.8 Å². The van der Waals surface area contributed by atoms with Gasteiger partial charge in [-0.25, -0.2) is 4.90 Å². The number of amides is 2. The molecule has 17 heavy (non-hydrogen) atoms. The maximum absolute atomic E-state index is 11.7. The molecule has 6 heteroatoms. The zero-order chi connectivity index (χ0) is 12.7. The van der Waals surface area contributed by atoms with Crippen molar-refractivity contribution in [2.75, 3.05) is 4.90 Å². The quantitative estimate of drug-likeness (QED) is 0.799. The largest absolute Gasteiger partial charge is 0.505 e. The molecule has 1 aromatic rings. The lowest BCUT2D eigenvalue weighted by Crippen LogP contribution is -2.30. The number of benzene rings is 1. The molecule has 0 spiro atoms. The second kappa shape index (κ2) is 4.05. The second-order valence-corrected chi connectivity index (χ2v) is 4.38. The average molecular weight is 272 g/mol. The Labute approximate surface area is 107 Å². The molecular formula is C11H7Cl2NO3. The van der Waals surface area contributed by atoms with Crippen LogP contribution in [0.5, 0.6) is 5.75 Å². The minimum Gasteiger partial charge on any atom is -0.505 e. The highest BCUT2D eigenvalue weighted by Crippen LogP contribution is 2.37. The molecule has 0 unspecified atom stereocenters. The van der Waals surface area contributed by atoms with Crippen LogP contribution in [0, 0.1) is 0 Å². The number of hydrogen-bond donors (Lipinski definition) is 1. The summed E-state index contributed by atoms with van der Waals surface area (Å²) in [6, 6.07) is 2.62. The van der Waals surface area contributed by atoms with Crippen LogP contribution in [0.1, 0.15) is 6.92 Å². The Morgan fingerprint density at radius 2 is 1.71 bits per heavy atom. The van der Waals surface area contributed by atoms with Crippen LogP contribution in [-0.4, -0.2) is 16.9 Å². The van der Waals surface area contributed by atoms with Crippen LogP contribution in [-0.2, 0) is 9.59 Å². The molecule has 0 atom stereocenters. The third-order valence-electron chi connectivity index (χ3n) is 2.36. The van der Waals surface area contributed by atoms with E-state index in [4.69, 9.17) is 23.2 Å². The zero-order valence-corrected chi connectivity index (χ0v) is 10.2. The standard InChI is InChI=1S/C11H7Cl2NO3/c1-5-2-9(15)14(11(5)17)6-3-7(12)10(16)8(13)4-6/h2-4,16H,1H3. The summed E-state index contributed by atoms with van der Waals surface area (Å²) in [6.07, 6.45) is 1.23. The molecule has 1 N–H and O–H groups in total. The Morgan fingerprint density at radius 3 is 2.12 bits per heavy atom. The Morgan fingerprint density at radius 1 is 1.18 bits per heavy atom. The van der Waals surface area contributed by atoms with E-state index in [1.54, 1.807) is 6.92 Å². The average Bonchev–Trinajstić information content (AvgIpc) is 2.49. The number of carbonyl (C=O) groups excluding carboxylic acids is 2. The van der Waals surface area contributed by atoms with Crippen molar-refractivity contribution in [3.05, 3.63) is 33.8 Å². The van der Waals surface area contributed by atoms with Gasteiger partial charge in [0.2, 0.25) is 0 Å². The molecule has 4 nitrogen and oxygen atoms in total. The molecule has 1 aliphatic rings. The van der Waals surface area contributed by atoms with Crippen molar-refractivity contribution < 1.29 is 14.7 Å². The summed E-state index contributed by atoms with van der Waals surface area (Å²) in [5, 5.41) is 9.36. The first-order valence-electron chi connectivity index (χ1n) is 4.66. The zero-order valence-electron chi connectivity index (χ0n) is 8.70. The number of aromatic hydroxyl groups is 1. The molecule has 1 aliphatic heterocycles. The Hall–Kier alpha value is -1.52. The highest BCUT2D eigenvalue weighted by Gasteiger charge is 2.30. The molecule has 0 aliphatic carbocycles. The van der Waals surface area contributed by atoms with Crippen molar-refractivity contribution in [3.8, 4) is 5.75 Å². The predicted octanol–water partition coefficient (Wildman–Crippen LogP) is 2.52. The lowest BCUT2D eigenvalue weighted by molar-refractivity contribution is -0.120. The Bertz CT molecular complexity index is 543. The van der Waals surface area contributed by atoms with E-state index < -0.39 is 11.8 Å². The first-order chi connectivity index (χ1) is 7.91. The Kier molecular flexibility index (Phi) is 2.85. The topological polar surface area (TPSA) is 57.6 Å². The molecule has 0 fully saturated rings. The van der Waals surface area contributed by atoms with Gasteiger partial charge in [0, 0.05) is 11.6 Å². The van der Waals surface area contributed by atoms with Gasteiger partial charge in [-0.3, -0.25) is 9.59 Å². The molecule has 88 valence electrons. The molecule has 2 amide bonds. The first kappa shape index (κ1) is 12.0. The monoisotopic (exact) mass is 271 g/mol. The van der Waals surface area contributed by atoms with Crippen molar-refractivity contribution in [1.82, 2.24) is 0 Å². The minimum absolute atomic E-state index is 0.0161. The van der Waals surface area contributed by atoms with E-state index >= 15 is 0 Å². The predicted molar refractivity (Wildman–Crippen MR) is 64.4 cm³/mol. The number of nitrogens with zero attached hydrogens (tertiary/aromatic N) is 1. The van der Waals surface area contributed by atoms with Gasteiger partial charge in [-0.2, -0.15) is 0 Å². The molecule has 0 saturated carbocycles. The van der Waals surface area contributed by atoms with Gasteiger partial charge >= 0.3 is 0 Å². The van der Waals surface area contributed by atoms with Crippen molar-refractivity contribution in [2.24, 2.45) is 0 Å². The number of halogens is 2. The van der Waals surface area contributed by atoms with Crippen molar-refractivity contribution in [1.29, 1.82) is 0 Å². The smallest absolute Gasteiger partial charge is 0.261 e. The minimum atomic E-state index is -0.453. The lowest BCUT2D eigenvalue weighted by Gasteiger charge is -2.15. The second-order valence-electron chi connectivity index (χ2n) is 3.56. The number of carbonyl (C=O) groups is 2. The fourth-order valence-electron chi connectivity index (χ4n) is 1.51. The summed E-state index contributed by atoms with van der Waals surface area (Å²) in [6.45, 7) is 1.55. The lowest BCUT2D eigenvalue weighted by atomic mass is 10.2. The van der Waals surface area contributed by atoms with E-state index in [1.807, 2.05) is 0 Å². The number of rotatable bonds is 1. The molecule has 0 radical (unpaired) electrons. The summed E-state index contributed by atoms with van der Waals surface area (Å²) in [7, 11) is 0. The maximum atomic E-state index is 11.7. The van der Waals surface area contributed by atoms with Crippen LogP contribution in [0.2, 0.25) is 10.0 Å². The molecule has 0 saturated heterocycles. The van der Waals surface area contributed by atoms with Crippen LogP contribution in [0.3, 0.4) is 0 Å². The molecular weight excluding hydrogens is 265 g/mol. The summed E-state index contributed by atoms with van der Waals surface area (Å²) in [4.78, 5) is 24.2. The van der Waals surface area contributed by atoms with E-state index in [-0.39, 0.29) is 21.5 Å². The van der Waals surface area contributed by atoms with Gasteiger partial charge in [0.15, 0.2) is 5.75 Å². The fourth-order valence-corrected chi connectivity index (χ4v) is 1.99. The Balaban J connectivity index is 2.50. The number of hydrogen-bond acceptors (Lipinski definition) is 3. The SMILES string of the molecule is CC1=CC(=O)N(c2cc(Cl)c(O)c(Cl)c2)C1=O. The van der Waals surface area contributed by atoms with Crippen LogP contribution in [0.25, 0.3) is 0 Å². The van der Waals surface area contributed by atoms with Gasteiger partial charge in [-0.15, -0.1) is 0 Å². The fraction of sp³-hybridized carbons (Fsp3) is 0.0909. The van der Waals surface area contributed by atoms with Gasteiger partial charge in [0.1, 0.15) is 0 Å². The van der Waals surface area contributed by atoms with Gasteiger partial charge in [-0.05, 0) is 19.1 Å². The first-order valence-corrected chi connectivity index (χ1v) is 5.42. The summed E-state index contributed by atoms with van der Waals surface area (Å²) < 4.78 is 0. The number of phenols is 1. The normalized spacial score (nSPS) is 15.5. The van der Waals surface area contributed by atoms with Crippen LogP contribution >= 0.6 is 23.2 Å². The number of phenolic OH excluding ortho intramolecular Hbond substituents is 1. The van der Waals surface area contributed by atoms with Crippen LogP contribution in [0.4, 0.5) is 5.69 Å². The molecule has 1 aromatic carbocycles. The summed E-state index contributed by atoms with van der Waals surface area (Å²) in [5.41, 5.74) is 0.580. The third kappa shape index (κ3) is 1.90. The highest BCUT2D eigenvalue weighted by atomic mass is 35.5. The van der Waals surface area contributed by atoms with Crippen molar-refractivity contribution in [3.63, 3.8) is 0 Å². The molecule has 0 aromatic heterocycles. The van der Waals surface area contributed by atoms with E-state index in [1.165, 1.54) is 18.2 Å². The van der Waals surface area contributed by atoms with Crippen LogP contribution < -0.4 is 4.90 Å². The van der Waals surface area contributed by atoms with Crippen molar-refractivity contribution >= 4 is 40.7 Å². The maximum Gasteiger partial charge on any atom is 0.261 e. The van der Waals surface area contributed by atoms with Gasteiger partial charge in [0.25, 0.3) is 11.8 Å². The third-order valence-corrected chi connectivity index (χ3v) is 2.94. The van der Waals surface area contributed by atoms with E-state index in [2.05, 4.69) is 0 Å². The number of imide groups is 1. The molecule has 2 rings (SSSR count). The van der Waals surface area contributed by atoms with E-state index in [9.17, 15) is 14.7 Å².